The Bertz CT molecular complexity index is 534. The van der Waals surface area contributed by atoms with Gasteiger partial charge in [0.1, 0.15) is 5.82 Å². The summed E-state index contributed by atoms with van der Waals surface area (Å²) in [6, 6.07) is 3.28. The third-order valence-electron chi connectivity index (χ3n) is 3.67. The Kier molecular flexibility index (Phi) is 4.04. The quantitative estimate of drug-likeness (QED) is 0.869. The molecule has 108 valence electrons. The number of ether oxygens (including phenoxy) is 1. The Balaban J connectivity index is 2.07. The number of hydrogen-bond donors (Lipinski definition) is 2. The van der Waals surface area contributed by atoms with Crippen molar-refractivity contribution in [1.82, 2.24) is 0 Å². The van der Waals surface area contributed by atoms with Gasteiger partial charge in [0.2, 0.25) is 5.91 Å². The first-order valence-electron chi connectivity index (χ1n) is 6.34. The standard InChI is InChI=1S/C14H16FNO4/c1-20-14(5-2-6-14)8-12(17)16-11-7-9(13(18)19)3-4-10(11)15/h3-4,7H,2,5-6,8H2,1H3,(H,16,17)(H,18,19). The fourth-order valence-electron chi connectivity index (χ4n) is 2.27. The summed E-state index contributed by atoms with van der Waals surface area (Å²) in [4.78, 5) is 22.7. The molecule has 6 heteroatoms. The van der Waals surface area contributed by atoms with Crippen LogP contribution in [0.3, 0.4) is 0 Å². The zero-order chi connectivity index (χ0) is 14.8. The van der Waals surface area contributed by atoms with Gasteiger partial charge >= 0.3 is 5.97 Å². The highest BCUT2D eigenvalue weighted by Crippen LogP contribution is 2.38. The molecule has 0 heterocycles. The lowest BCUT2D eigenvalue weighted by Crippen LogP contribution is -2.42. The topological polar surface area (TPSA) is 75.6 Å². The maximum Gasteiger partial charge on any atom is 0.335 e. The van der Waals surface area contributed by atoms with E-state index in [1.165, 1.54) is 0 Å². The monoisotopic (exact) mass is 281 g/mol. The molecule has 20 heavy (non-hydrogen) atoms. The Morgan fingerprint density at radius 1 is 1.45 bits per heavy atom. The highest BCUT2D eigenvalue weighted by Gasteiger charge is 2.39. The molecule has 0 atom stereocenters. The van der Waals surface area contributed by atoms with Gasteiger partial charge in [-0.15, -0.1) is 0 Å². The number of carbonyl (C=O) groups is 2. The van der Waals surface area contributed by atoms with Crippen LogP contribution in [0.15, 0.2) is 18.2 Å². The van der Waals surface area contributed by atoms with Crippen LogP contribution in [0.1, 0.15) is 36.0 Å². The third kappa shape index (κ3) is 2.96. The number of amides is 1. The van der Waals surface area contributed by atoms with Crippen LogP contribution in [0, 0.1) is 5.82 Å². The van der Waals surface area contributed by atoms with Crippen LogP contribution in [-0.2, 0) is 9.53 Å². The van der Waals surface area contributed by atoms with Gasteiger partial charge < -0.3 is 15.2 Å². The first-order chi connectivity index (χ1) is 9.46. The van der Waals surface area contributed by atoms with Crippen LogP contribution in [0.2, 0.25) is 0 Å². The maximum atomic E-state index is 13.6. The number of carboxylic acid groups (broad SMARTS) is 1. The molecule has 1 amide bonds. The summed E-state index contributed by atoms with van der Waals surface area (Å²) in [7, 11) is 1.55. The second-order valence-electron chi connectivity index (χ2n) is 4.97. The van der Waals surface area contributed by atoms with Gasteiger partial charge in [-0.1, -0.05) is 0 Å². The van der Waals surface area contributed by atoms with E-state index in [2.05, 4.69) is 5.32 Å². The molecule has 1 aliphatic rings. The first kappa shape index (κ1) is 14.5. The Morgan fingerprint density at radius 2 is 2.15 bits per heavy atom. The highest BCUT2D eigenvalue weighted by atomic mass is 19.1. The van der Waals surface area contributed by atoms with Crippen LogP contribution < -0.4 is 5.32 Å². The summed E-state index contributed by atoms with van der Waals surface area (Å²) in [5.74, 6) is -2.22. The average molecular weight is 281 g/mol. The van der Waals surface area contributed by atoms with Crippen molar-refractivity contribution in [2.75, 3.05) is 12.4 Å². The minimum Gasteiger partial charge on any atom is -0.478 e. The number of methoxy groups -OCH3 is 1. The van der Waals surface area contributed by atoms with E-state index in [1.54, 1.807) is 7.11 Å². The number of carboxylic acids is 1. The van der Waals surface area contributed by atoms with Crippen LogP contribution in [0.4, 0.5) is 10.1 Å². The van der Waals surface area contributed by atoms with Crippen molar-refractivity contribution in [3.8, 4) is 0 Å². The van der Waals surface area contributed by atoms with Crippen molar-refractivity contribution in [2.45, 2.75) is 31.3 Å². The van der Waals surface area contributed by atoms with Gasteiger partial charge in [0.05, 0.1) is 23.3 Å². The van der Waals surface area contributed by atoms with E-state index in [-0.39, 0.29) is 23.6 Å². The molecular weight excluding hydrogens is 265 g/mol. The zero-order valence-corrected chi connectivity index (χ0v) is 11.1. The maximum absolute atomic E-state index is 13.6. The van der Waals surface area contributed by atoms with Crippen LogP contribution in [0.5, 0.6) is 0 Å². The van der Waals surface area contributed by atoms with E-state index >= 15 is 0 Å². The van der Waals surface area contributed by atoms with E-state index in [4.69, 9.17) is 9.84 Å². The van der Waals surface area contributed by atoms with Gasteiger partial charge in [-0.2, -0.15) is 0 Å². The van der Waals surface area contributed by atoms with Gasteiger partial charge in [-0.05, 0) is 37.5 Å². The Morgan fingerprint density at radius 3 is 2.65 bits per heavy atom. The number of carbonyl (C=O) groups excluding carboxylic acids is 1. The number of nitrogens with one attached hydrogen (secondary N) is 1. The summed E-state index contributed by atoms with van der Waals surface area (Å²) >= 11 is 0. The summed E-state index contributed by atoms with van der Waals surface area (Å²) in [6.45, 7) is 0. The molecule has 0 spiro atoms. The van der Waals surface area contributed by atoms with Crippen molar-refractivity contribution in [2.24, 2.45) is 0 Å². The lowest BCUT2D eigenvalue weighted by atomic mass is 9.77. The van der Waals surface area contributed by atoms with E-state index in [1.807, 2.05) is 0 Å². The fraction of sp³-hybridized carbons (Fsp3) is 0.429. The molecule has 0 aliphatic heterocycles. The number of rotatable bonds is 5. The largest absolute Gasteiger partial charge is 0.478 e. The van der Waals surface area contributed by atoms with Crippen LogP contribution in [0.25, 0.3) is 0 Å². The predicted molar refractivity (Wildman–Crippen MR) is 70.2 cm³/mol. The molecular formula is C14H16FNO4. The van der Waals surface area contributed by atoms with E-state index in [0.717, 1.165) is 37.5 Å². The minimum absolute atomic E-state index is 0.0770. The van der Waals surface area contributed by atoms with E-state index < -0.39 is 17.4 Å². The minimum atomic E-state index is -1.17. The van der Waals surface area contributed by atoms with Crippen molar-refractivity contribution < 1.29 is 23.8 Å². The third-order valence-corrected chi connectivity index (χ3v) is 3.67. The number of benzene rings is 1. The lowest BCUT2D eigenvalue weighted by Gasteiger charge is -2.39. The van der Waals surface area contributed by atoms with Crippen molar-refractivity contribution in [3.05, 3.63) is 29.6 Å². The van der Waals surface area contributed by atoms with Gasteiger partial charge in [0.25, 0.3) is 0 Å². The summed E-state index contributed by atoms with van der Waals surface area (Å²) in [6.07, 6.45) is 2.74. The van der Waals surface area contributed by atoms with Gasteiger partial charge in [0.15, 0.2) is 0 Å². The molecule has 0 bridgehead atoms. The van der Waals surface area contributed by atoms with E-state index in [0.29, 0.717) is 0 Å². The predicted octanol–water partition coefficient (Wildman–Crippen LogP) is 2.42. The van der Waals surface area contributed by atoms with Crippen molar-refractivity contribution >= 4 is 17.6 Å². The summed E-state index contributed by atoms with van der Waals surface area (Å²) < 4.78 is 18.9. The smallest absolute Gasteiger partial charge is 0.335 e. The molecule has 0 saturated heterocycles. The molecule has 0 aromatic heterocycles. The molecule has 1 saturated carbocycles. The second-order valence-corrected chi connectivity index (χ2v) is 4.97. The molecule has 5 nitrogen and oxygen atoms in total. The van der Waals surface area contributed by atoms with Crippen LogP contribution >= 0.6 is 0 Å². The van der Waals surface area contributed by atoms with E-state index in [9.17, 15) is 14.0 Å². The molecule has 0 radical (unpaired) electrons. The lowest BCUT2D eigenvalue weighted by molar-refractivity contribution is -0.129. The average Bonchev–Trinajstić information content (AvgIpc) is 2.36. The highest BCUT2D eigenvalue weighted by molar-refractivity contribution is 5.94. The summed E-state index contributed by atoms with van der Waals surface area (Å²) in [5.41, 5.74) is -0.655. The zero-order valence-electron chi connectivity index (χ0n) is 11.1. The van der Waals surface area contributed by atoms with Gasteiger partial charge in [-0.25, -0.2) is 9.18 Å². The molecule has 2 N–H and O–H groups in total. The molecule has 1 aliphatic carbocycles. The normalized spacial score (nSPS) is 16.3. The Hall–Kier alpha value is -1.95. The number of aromatic carboxylic acids is 1. The number of anilines is 1. The van der Waals surface area contributed by atoms with Gasteiger partial charge in [0, 0.05) is 7.11 Å². The van der Waals surface area contributed by atoms with Crippen LogP contribution in [-0.4, -0.2) is 29.7 Å². The number of hydrogen-bond acceptors (Lipinski definition) is 3. The summed E-state index contributed by atoms with van der Waals surface area (Å²) in [5, 5.41) is 11.3. The fourth-order valence-corrected chi connectivity index (χ4v) is 2.27. The molecule has 1 fully saturated rings. The molecule has 0 unspecified atom stereocenters. The first-order valence-corrected chi connectivity index (χ1v) is 6.34. The molecule has 1 aromatic carbocycles. The SMILES string of the molecule is COC1(CC(=O)Nc2cc(C(=O)O)ccc2F)CCC1. The van der Waals surface area contributed by atoms with Crippen molar-refractivity contribution in [3.63, 3.8) is 0 Å². The second kappa shape index (κ2) is 5.58. The Labute approximate surface area is 115 Å². The molecule has 1 aromatic rings. The number of halogens is 1. The van der Waals surface area contributed by atoms with Crippen molar-refractivity contribution in [1.29, 1.82) is 0 Å². The molecule has 2 rings (SSSR count). The van der Waals surface area contributed by atoms with Gasteiger partial charge in [-0.3, -0.25) is 4.79 Å².